The molecule has 1 aliphatic rings. The van der Waals surface area contributed by atoms with Crippen molar-refractivity contribution in [3.63, 3.8) is 0 Å². The topological polar surface area (TPSA) is 125 Å². The molecule has 0 aromatic heterocycles. The van der Waals surface area contributed by atoms with Gasteiger partial charge in [0.15, 0.2) is 0 Å². The molecule has 1 aromatic rings. The maximum atomic E-state index is 12.2. The van der Waals surface area contributed by atoms with Gasteiger partial charge in [-0.1, -0.05) is 6.07 Å². The van der Waals surface area contributed by atoms with Crippen molar-refractivity contribution in [1.29, 1.82) is 0 Å². The molecule has 2 rings (SSSR count). The fraction of sp³-hybridized carbons (Fsp3) is 0.500. The molecule has 8 heteroatoms. The molecule has 2 amide bonds. The number of hydrogen-bond acceptors (Lipinski definition) is 5. The minimum Gasteiger partial charge on any atom is -0.481 e. The van der Waals surface area contributed by atoms with Gasteiger partial charge in [0.25, 0.3) is 0 Å². The predicted molar refractivity (Wildman–Crippen MR) is 97.8 cm³/mol. The molecule has 1 aliphatic heterocycles. The van der Waals surface area contributed by atoms with E-state index >= 15 is 0 Å². The van der Waals surface area contributed by atoms with Gasteiger partial charge in [0.1, 0.15) is 6.04 Å². The number of nitrogens with zero attached hydrogens (tertiary/aromatic N) is 1. The van der Waals surface area contributed by atoms with Crippen LogP contribution in [-0.2, 0) is 27.2 Å². The maximum Gasteiger partial charge on any atom is 0.303 e. The van der Waals surface area contributed by atoms with Gasteiger partial charge in [0.2, 0.25) is 11.8 Å². The summed E-state index contributed by atoms with van der Waals surface area (Å²) in [5.74, 6) is -1.88. The molecule has 0 saturated heterocycles. The Hall–Kier alpha value is -2.45. The fourth-order valence-corrected chi connectivity index (χ4v) is 2.78. The van der Waals surface area contributed by atoms with Gasteiger partial charge < -0.3 is 26.4 Å². The number of amides is 2. The van der Waals surface area contributed by atoms with E-state index in [0.29, 0.717) is 5.69 Å². The molecule has 0 radical (unpaired) electrons. The standard InChI is InChI=1S/C18H26N4O4/c1-22-8-6-12-2-3-14(10-13(12)7-9-22)21-18(26)15(19)11-20-16(23)4-5-17(24)25/h2-3,10,15H,4-9,11,19H2,1H3,(H,20,23)(H,21,26)(H,24,25)/t15-/m1/s1. The monoisotopic (exact) mass is 362 g/mol. The van der Waals surface area contributed by atoms with Crippen LogP contribution in [0, 0.1) is 0 Å². The summed E-state index contributed by atoms with van der Waals surface area (Å²) >= 11 is 0. The second kappa shape index (κ2) is 9.30. The Kier molecular flexibility index (Phi) is 7.11. The molecule has 5 N–H and O–H groups in total. The first-order valence-electron chi connectivity index (χ1n) is 8.70. The average molecular weight is 362 g/mol. The van der Waals surface area contributed by atoms with Crippen LogP contribution in [0.25, 0.3) is 0 Å². The highest BCUT2D eigenvalue weighted by atomic mass is 16.4. The van der Waals surface area contributed by atoms with E-state index in [-0.39, 0.29) is 19.4 Å². The smallest absolute Gasteiger partial charge is 0.303 e. The van der Waals surface area contributed by atoms with E-state index in [1.165, 1.54) is 11.1 Å². The average Bonchev–Trinajstić information content (AvgIpc) is 2.79. The zero-order chi connectivity index (χ0) is 19.1. The number of aliphatic carboxylic acids is 1. The van der Waals surface area contributed by atoms with Crippen LogP contribution >= 0.6 is 0 Å². The van der Waals surface area contributed by atoms with Gasteiger partial charge in [-0.25, -0.2) is 0 Å². The highest BCUT2D eigenvalue weighted by molar-refractivity contribution is 5.95. The highest BCUT2D eigenvalue weighted by Crippen LogP contribution is 2.20. The molecule has 1 aromatic carbocycles. The first kappa shape index (κ1) is 19.9. The third-order valence-electron chi connectivity index (χ3n) is 4.42. The molecule has 26 heavy (non-hydrogen) atoms. The normalized spacial score (nSPS) is 15.5. The third kappa shape index (κ3) is 6.12. The van der Waals surface area contributed by atoms with Gasteiger partial charge in [0.05, 0.1) is 6.42 Å². The second-order valence-electron chi connectivity index (χ2n) is 6.58. The number of carbonyl (C=O) groups is 3. The number of carboxylic acids is 1. The van der Waals surface area contributed by atoms with Gasteiger partial charge in [-0.3, -0.25) is 14.4 Å². The zero-order valence-corrected chi connectivity index (χ0v) is 15.0. The molecule has 0 bridgehead atoms. The summed E-state index contributed by atoms with van der Waals surface area (Å²) in [5.41, 5.74) is 9.01. The molecule has 0 unspecified atom stereocenters. The zero-order valence-electron chi connectivity index (χ0n) is 15.0. The lowest BCUT2D eigenvalue weighted by Gasteiger charge is -2.14. The van der Waals surface area contributed by atoms with Gasteiger partial charge >= 0.3 is 5.97 Å². The van der Waals surface area contributed by atoms with E-state index in [1.807, 2.05) is 18.2 Å². The summed E-state index contributed by atoms with van der Waals surface area (Å²) in [6.07, 6.45) is 1.53. The van der Waals surface area contributed by atoms with Crippen molar-refractivity contribution in [3.8, 4) is 0 Å². The number of anilines is 1. The number of benzene rings is 1. The molecule has 0 spiro atoms. The second-order valence-corrected chi connectivity index (χ2v) is 6.58. The Labute approximate surface area is 152 Å². The van der Waals surface area contributed by atoms with Gasteiger partial charge in [-0.05, 0) is 43.1 Å². The minimum atomic E-state index is -1.04. The number of carboxylic acid groups (broad SMARTS) is 1. The van der Waals surface area contributed by atoms with Crippen LogP contribution in [0.3, 0.4) is 0 Å². The molecule has 0 fully saturated rings. The summed E-state index contributed by atoms with van der Waals surface area (Å²) in [4.78, 5) is 36.4. The lowest BCUT2D eigenvalue weighted by molar-refractivity contribution is -0.138. The van der Waals surface area contributed by atoms with Crippen LogP contribution in [0.1, 0.15) is 24.0 Å². The Balaban J connectivity index is 1.85. The molecule has 0 saturated carbocycles. The van der Waals surface area contributed by atoms with Crippen LogP contribution in [0.5, 0.6) is 0 Å². The van der Waals surface area contributed by atoms with Crippen molar-refractivity contribution < 1.29 is 19.5 Å². The minimum absolute atomic E-state index is 0.0416. The van der Waals surface area contributed by atoms with Crippen molar-refractivity contribution in [2.24, 2.45) is 5.73 Å². The molecular weight excluding hydrogens is 336 g/mol. The van der Waals surface area contributed by atoms with E-state index in [9.17, 15) is 14.4 Å². The van der Waals surface area contributed by atoms with Gasteiger partial charge in [-0.2, -0.15) is 0 Å². The molecule has 0 aliphatic carbocycles. The van der Waals surface area contributed by atoms with Crippen molar-refractivity contribution in [2.75, 3.05) is 32.0 Å². The van der Waals surface area contributed by atoms with E-state index in [4.69, 9.17) is 10.8 Å². The van der Waals surface area contributed by atoms with Crippen LogP contribution in [0.4, 0.5) is 5.69 Å². The Morgan fingerprint density at radius 2 is 1.88 bits per heavy atom. The summed E-state index contributed by atoms with van der Waals surface area (Å²) in [6.45, 7) is 1.96. The summed E-state index contributed by atoms with van der Waals surface area (Å²) in [5, 5.41) is 13.8. The maximum absolute atomic E-state index is 12.2. The first-order chi connectivity index (χ1) is 12.3. The van der Waals surface area contributed by atoms with Crippen molar-refractivity contribution in [3.05, 3.63) is 29.3 Å². The lowest BCUT2D eigenvalue weighted by Crippen LogP contribution is -2.45. The van der Waals surface area contributed by atoms with Crippen LogP contribution in [0.2, 0.25) is 0 Å². The number of nitrogens with one attached hydrogen (secondary N) is 2. The van der Waals surface area contributed by atoms with Crippen molar-refractivity contribution in [1.82, 2.24) is 10.2 Å². The molecule has 8 nitrogen and oxygen atoms in total. The van der Waals surface area contributed by atoms with E-state index in [2.05, 4.69) is 22.6 Å². The predicted octanol–water partition coefficient (Wildman–Crippen LogP) is -0.0362. The first-order valence-corrected chi connectivity index (χ1v) is 8.70. The van der Waals surface area contributed by atoms with Crippen molar-refractivity contribution in [2.45, 2.75) is 31.7 Å². The number of fused-ring (bicyclic) bond motifs is 1. The lowest BCUT2D eigenvalue weighted by atomic mass is 10.0. The SMILES string of the molecule is CN1CCc2ccc(NC(=O)[C@H](N)CNC(=O)CCC(=O)O)cc2CC1. The number of nitrogens with two attached hydrogens (primary N) is 1. The van der Waals surface area contributed by atoms with Gasteiger partial charge in [-0.15, -0.1) is 0 Å². The quantitative estimate of drug-likeness (QED) is 0.540. The van der Waals surface area contributed by atoms with Crippen LogP contribution in [0.15, 0.2) is 18.2 Å². The molecule has 1 heterocycles. The van der Waals surface area contributed by atoms with Crippen molar-refractivity contribution >= 4 is 23.5 Å². The van der Waals surface area contributed by atoms with Gasteiger partial charge in [0, 0.05) is 31.7 Å². The van der Waals surface area contributed by atoms with E-state index in [1.54, 1.807) is 0 Å². The molecule has 142 valence electrons. The van der Waals surface area contributed by atoms with E-state index < -0.39 is 23.8 Å². The Bertz CT molecular complexity index is 677. The summed E-state index contributed by atoms with van der Waals surface area (Å²) < 4.78 is 0. The largest absolute Gasteiger partial charge is 0.481 e. The van der Waals surface area contributed by atoms with E-state index in [0.717, 1.165) is 25.9 Å². The third-order valence-corrected chi connectivity index (χ3v) is 4.42. The number of hydrogen-bond donors (Lipinski definition) is 4. The number of likely N-dealkylation sites (N-methyl/N-ethyl adjacent to an activating group) is 1. The fourth-order valence-electron chi connectivity index (χ4n) is 2.78. The Morgan fingerprint density at radius 1 is 1.19 bits per heavy atom. The number of rotatable bonds is 7. The molecule has 1 atom stereocenters. The molecular formula is C18H26N4O4. The highest BCUT2D eigenvalue weighted by Gasteiger charge is 2.17. The van der Waals surface area contributed by atoms with Crippen LogP contribution in [-0.4, -0.2) is 60.5 Å². The summed E-state index contributed by atoms with van der Waals surface area (Å²) in [7, 11) is 2.10. The van der Waals surface area contributed by atoms with Crippen LogP contribution < -0.4 is 16.4 Å². The Morgan fingerprint density at radius 3 is 2.58 bits per heavy atom. The number of carbonyl (C=O) groups excluding carboxylic acids is 2. The summed E-state index contributed by atoms with van der Waals surface area (Å²) in [6, 6.07) is 4.96.